The number of carbonyl (C=O) groups excluding carboxylic acids is 1. The molecule has 0 radical (unpaired) electrons. The second-order valence-corrected chi connectivity index (χ2v) is 5.54. The van der Waals surface area contributed by atoms with E-state index in [1.165, 1.54) is 0 Å². The van der Waals surface area contributed by atoms with E-state index in [0.29, 0.717) is 17.3 Å². The third-order valence-electron chi connectivity index (χ3n) is 2.67. The Morgan fingerprint density at radius 1 is 1.53 bits per heavy atom. The summed E-state index contributed by atoms with van der Waals surface area (Å²) in [5, 5.41) is 2.92. The van der Waals surface area contributed by atoms with Crippen LogP contribution in [-0.4, -0.2) is 30.0 Å². The Labute approximate surface area is 100 Å². The number of nitrogens with one attached hydrogen (secondary N) is 1. The molecule has 1 N–H and O–H groups in total. The molecule has 1 saturated heterocycles. The quantitative estimate of drug-likeness (QED) is 0.800. The molecule has 2 unspecified atom stereocenters. The smallest absolute Gasteiger partial charge is 0.249 e. The number of hydrogen-bond acceptors (Lipinski definition) is 2. The van der Waals surface area contributed by atoms with Gasteiger partial charge in [-0.3, -0.25) is 4.79 Å². The fourth-order valence-electron chi connectivity index (χ4n) is 1.50. The Hall–Kier alpha value is -0.0900. The number of ether oxygens (including phenoxy) is 1. The molecule has 15 heavy (non-hydrogen) atoms. The lowest BCUT2D eigenvalue weighted by atomic mass is 10.1. The molecule has 0 aliphatic carbocycles. The van der Waals surface area contributed by atoms with E-state index in [1.807, 2.05) is 0 Å². The predicted octanol–water partition coefficient (Wildman–Crippen LogP) is 2.09. The lowest BCUT2D eigenvalue weighted by Crippen LogP contribution is -2.41. The van der Waals surface area contributed by atoms with Gasteiger partial charge in [0.05, 0.1) is 0 Å². The molecule has 0 bridgehead atoms. The van der Waals surface area contributed by atoms with Crippen molar-refractivity contribution in [3.63, 3.8) is 0 Å². The minimum atomic E-state index is -0.217. The topological polar surface area (TPSA) is 38.3 Å². The number of hydrogen-bond donors (Lipinski definition) is 1. The van der Waals surface area contributed by atoms with E-state index in [2.05, 4.69) is 35.1 Å². The van der Waals surface area contributed by atoms with Crippen LogP contribution in [0.4, 0.5) is 0 Å². The van der Waals surface area contributed by atoms with E-state index in [9.17, 15) is 4.79 Å². The Balaban J connectivity index is 2.22. The molecule has 1 amide bonds. The molecule has 4 heteroatoms. The molecule has 0 aromatic heterocycles. The summed E-state index contributed by atoms with van der Waals surface area (Å²) in [4.78, 5) is 12.0. The zero-order chi connectivity index (χ0) is 11.3. The van der Waals surface area contributed by atoms with Gasteiger partial charge in [0.1, 0.15) is 6.10 Å². The summed E-state index contributed by atoms with van der Waals surface area (Å²) >= 11 is 3.54. The van der Waals surface area contributed by atoms with Crippen LogP contribution in [0.3, 0.4) is 0 Å². The van der Waals surface area contributed by atoms with Crippen molar-refractivity contribution in [3.05, 3.63) is 0 Å². The Morgan fingerprint density at radius 2 is 2.27 bits per heavy atom. The van der Waals surface area contributed by atoms with Crippen molar-refractivity contribution in [3.8, 4) is 0 Å². The largest absolute Gasteiger partial charge is 0.368 e. The molecule has 3 nitrogen and oxygen atoms in total. The first-order valence-corrected chi connectivity index (χ1v) is 6.56. The minimum Gasteiger partial charge on any atom is -0.368 e. The highest BCUT2D eigenvalue weighted by Gasteiger charge is 2.22. The zero-order valence-electron chi connectivity index (χ0n) is 9.46. The molecule has 1 fully saturated rings. The highest BCUT2D eigenvalue weighted by Crippen LogP contribution is 2.14. The fraction of sp³-hybridized carbons (Fsp3) is 0.909. The first kappa shape index (κ1) is 13.0. The van der Waals surface area contributed by atoms with E-state index in [-0.39, 0.29) is 12.0 Å². The molecular weight excluding hydrogens is 258 g/mol. The summed E-state index contributed by atoms with van der Waals surface area (Å²) in [7, 11) is 0. The fourth-order valence-corrected chi connectivity index (χ4v) is 1.66. The summed E-state index contributed by atoms with van der Waals surface area (Å²) in [5.41, 5.74) is 0. The van der Waals surface area contributed by atoms with Gasteiger partial charge in [0, 0.05) is 18.0 Å². The standard InChI is InChI=1S/C11H20BrNO2/c1-8(2)9(12)7-13-11(14)10-5-3-4-6-15-10/h8-10H,3-7H2,1-2H3,(H,13,14). The van der Waals surface area contributed by atoms with E-state index in [4.69, 9.17) is 4.74 Å². The SMILES string of the molecule is CC(C)C(Br)CNC(=O)C1CCCCO1. The van der Waals surface area contributed by atoms with Crippen LogP contribution in [0.5, 0.6) is 0 Å². The van der Waals surface area contributed by atoms with Crippen molar-refractivity contribution in [1.29, 1.82) is 0 Å². The second-order valence-electron chi connectivity index (χ2n) is 4.36. The third-order valence-corrected chi connectivity index (χ3v) is 4.05. The van der Waals surface area contributed by atoms with Crippen LogP contribution < -0.4 is 5.32 Å². The van der Waals surface area contributed by atoms with Gasteiger partial charge < -0.3 is 10.1 Å². The van der Waals surface area contributed by atoms with Crippen LogP contribution in [0, 0.1) is 5.92 Å². The molecule has 0 saturated carbocycles. The van der Waals surface area contributed by atoms with Gasteiger partial charge in [0.25, 0.3) is 0 Å². The Morgan fingerprint density at radius 3 is 2.80 bits per heavy atom. The van der Waals surface area contributed by atoms with Gasteiger partial charge in [-0.15, -0.1) is 0 Å². The summed E-state index contributed by atoms with van der Waals surface area (Å²) in [6.07, 6.45) is 2.82. The average Bonchev–Trinajstić information content (AvgIpc) is 2.26. The number of amides is 1. The molecule has 88 valence electrons. The van der Waals surface area contributed by atoms with Gasteiger partial charge in [-0.2, -0.15) is 0 Å². The molecule has 1 heterocycles. The molecule has 1 aliphatic rings. The number of carbonyl (C=O) groups is 1. The molecule has 1 rings (SSSR count). The molecular formula is C11H20BrNO2. The number of rotatable bonds is 4. The van der Waals surface area contributed by atoms with Crippen LogP contribution in [0.1, 0.15) is 33.1 Å². The highest BCUT2D eigenvalue weighted by atomic mass is 79.9. The maximum atomic E-state index is 11.7. The van der Waals surface area contributed by atoms with Crippen LogP contribution >= 0.6 is 15.9 Å². The van der Waals surface area contributed by atoms with Gasteiger partial charge in [0.15, 0.2) is 0 Å². The van der Waals surface area contributed by atoms with E-state index in [1.54, 1.807) is 0 Å². The van der Waals surface area contributed by atoms with Crippen LogP contribution in [0.25, 0.3) is 0 Å². The minimum absolute atomic E-state index is 0.0415. The Kier molecular flexibility index (Phi) is 5.61. The van der Waals surface area contributed by atoms with Crippen molar-refractivity contribution < 1.29 is 9.53 Å². The lowest BCUT2D eigenvalue weighted by molar-refractivity contribution is -0.135. The Bertz CT molecular complexity index is 203. The van der Waals surface area contributed by atoms with E-state index < -0.39 is 0 Å². The highest BCUT2D eigenvalue weighted by molar-refractivity contribution is 9.09. The van der Waals surface area contributed by atoms with Crippen molar-refractivity contribution >= 4 is 21.8 Å². The summed E-state index contributed by atoms with van der Waals surface area (Å²) in [5.74, 6) is 0.567. The first-order valence-electron chi connectivity index (χ1n) is 5.64. The van der Waals surface area contributed by atoms with Crippen molar-refractivity contribution in [1.82, 2.24) is 5.32 Å². The molecule has 0 spiro atoms. The van der Waals surface area contributed by atoms with Gasteiger partial charge in [0.2, 0.25) is 5.91 Å². The molecule has 0 aromatic rings. The number of alkyl halides is 1. The summed E-state index contributed by atoms with van der Waals surface area (Å²) < 4.78 is 5.41. The maximum Gasteiger partial charge on any atom is 0.249 e. The van der Waals surface area contributed by atoms with Crippen molar-refractivity contribution in [2.75, 3.05) is 13.2 Å². The average molecular weight is 278 g/mol. The van der Waals surface area contributed by atoms with Gasteiger partial charge in [-0.05, 0) is 25.2 Å². The second kappa shape index (κ2) is 6.48. The van der Waals surface area contributed by atoms with Gasteiger partial charge in [-0.25, -0.2) is 0 Å². The maximum absolute atomic E-state index is 11.7. The predicted molar refractivity (Wildman–Crippen MR) is 64.2 cm³/mol. The van der Waals surface area contributed by atoms with Crippen LogP contribution in [-0.2, 0) is 9.53 Å². The normalized spacial score (nSPS) is 23.9. The third kappa shape index (κ3) is 4.51. The molecule has 2 atom stereocenters. The van der Waals surface area contributed by atoms with E-state index in [0.717, 1.165) is 25.9 Å². The van der Waals surface area contributed by atoms with Crippen molar-refractivity contribution in [2.45, 2.75) is 44.0 Å². The van der Waals surface area contributed by atoms with Crippen LogP contribution in [0.15, 0.2) is 0 Å². The molecule has 0 aromatic carbocycles. The van der Waals surface area contributed by atoms with E-state index >= 15 is 0 Å². The van der Waals surface area contributed by atoms with Crippen LogP contribution in [0.2, 0.25) is 0 Å². The zero-order valence-corrected chi connectivity index (χ0v) is 11.0. The summed E-state index contributed by atoms with van der Waals surface area (Å²) in [6, 6.07) is 0. The summed E-state index contributed by atoms with van der Waals surface area (Å²) in [6.45, 7) is 5.65. The lowest BCUT2D eigenvalue weighted by Gasteiger charge is -2.23. The monoisotopic (exact) mass is 277 g/mol. The first-order chi connectivity index (χ1) is 7.11. The molecule has 1 aliphatic heterocycles. The van der Waals surface area contributed by atoms with Crippen molar-refractivity contribution in [2.24, 2.45) is 5.92 Å². The van der Waals surface area contributed by atoms with Gasteiger partial charge >= 0.3 is 0 Å². The van der Waals surface area contributed by atoms with Gasteiger partial charge in [-0.1, -0.05) is 29.8 Å². The number of halogens is 1.